The molecule has 0 aliphatic carbocycles. The van der Waals surface area contributed by atoms with Crippen molar-refractivity contribution in [1.82, 2.24) is 15.2 Å². The zero-order valence-electron chi connectivity index (χ0n) is 11.7. The van der Waals surface area contributed by atoms with E-state index >= 15 is 0 Å². The molecule has 1 aromatic carbocycles. The fourth-order valence-corrected chi connectivity index (χ4v) is 3.12. The van der Waals surface area contributed by atoms with Gasteiger partial charge in [0.1, 0.15) is 5.69 Å². The molecule has 0 saturated heterocycles. The molecule has 2 aromatic heterocycles. The highest BCUT2D eigenvalue weighted by molar-refractivity contribution is 7.18. The van der Waals surface area contributed by atoms with E-state index in [1.54, 1.807) is 12.3 Å². The van der Waals surface area contributed by atoms with Crippen LogP contribution in [0.1, 0.15) is 5.56 Å². The Balaban J connectivity index is 1.80. The number of hydrogen-bond donors (Lipinski definition) is 0. The zero-order valence-corrected chi connectivity index (χ0v) is 14.0. The summed E-state index contributed by atoms with van der Waals surface area (Å²) in [5.74, 6) is 0. The highest BCUT2D eigenvalue weighted by Gasteiger charge is 2.13. The zero-order chi connectivity index (χ0) is 15.5. The lowest BCUT2D eigenvalue weighted by Crippen LogP contribution is -2.16. The van der Waals surface area contributed by atoms with Gasteiger partial charge in [-0.1, -0.05) is 52.7 Å². The van der Waals surface area contributed by atoms with E-state index in [1.165, 1.54) is 11.3 Å². The Hall–Kier alpha value is -1.69. The van der Waals surface area contributed by atoms with Gasteiger partial charge in [-0.2, -0.15) is 0 Å². The predicted molar refractivity (Wildman–Crippen MR) is 91.7 cm³/mol. The monoisotopic (exact) mass is 350 g/mol. The van der Waals surface area contributed by atoms with E-state index in [4.69, 9.17) is 23.2 Å². The van der Waals surface area contributed by atoms with E-state index in [-0.39, 0.29) is 0 Å². The number of rotatable bonds is 4. The molecule has 22 heavy (non-hydrogen) atoms. The first-order valence-corrected chi connectivity index (χ1v) is 8.11. The van der Waals surface area contributed by atoms with Crippen molar-refractivity contribution in [1.29, 1.82) is 0 Å². The van der Waals surface area contributed by atoms with Crippen LogP contribution in [0.4, 0.5) is 5.13 Å². The van der Waals surface area contributed by atoms with Crippen LogP contribution < -0.4 is 4.90 Å². The Bertz CT molecular complexity index is 776. The van der Waals surface area contributed by atoms with Crippen LogP contribution in [0, 0.1) is 0 Å². The van der Waals surface area contributed by atoms with Gasteiger partial charge in [0.25, 0.3) is 0 Å². The van der Waals surface area contributed by atoms with Gasteiger partial charge in [0.2, 0.25) is 5.13 Å². The number of pyridine rings is 1. The number of anilines is 1. The van der Waals surface area contributed by atoms with Crippen molar-refractivity contribution in [3.8, 4) is 10.7 Å². The standard InChI is InChI=1S/C15H12Cl2N4S/c1-21(9-10-5-4-6-11(16)13(10)17)15-20-19-14(22-15)12-7-2-3-8-18-12/h2-8H,9H2,1H3. The number of halogens is 2. The molecular weight excluding hydrogens is 339 g/mol. The summed E-state index contributed by atoms with van der Waals surface area (Å²) in [5, 5.41) is 11.1. The normalized spacial score (nSPS) is 10.7. The second-order valence-corrected chi connectivity index (χ2v) is 6.41. The number of aromatic nitrogens is 3. The van der Waals surface area contributed by atoms with Crippen LogP contribution in [0.25, 0.3) is 10.7 Å². The van der Waals surface area contributed by atoms with Gasteiger partial charge in [-0.15, -0.1) is 10.2 Å². The van der Waals surface area contributed by atoms with Crippen LogP contribution in [-0.2, 0) is 6.54 Å². The van der Waals surface area contributed by atoms with E-state index in [0.717, 1.165) is 21.4 Å². The van der Waals surface area contributed by atoms with Gasteiger partial charge >= 0.3 is 0 Å². The van der Waals surface area contributed by atoms with Crippen LogP contribution in [0.15, 0.2) is 42.6 Å². The molecule has 0 N–H and O–H groups in total. The van der Waals surface area contributed by atoms with Crippen molar-refractivity contribution in [2.75, 3.05) is 11.9 Å². The van der Waals surface area contributed by atoms with E-state index in [1.807, 2.05) is 42.3 Å². The van der Waals surface area contributed by atoms with Crippen molar-refractivity contribution in [2.45, 2.75) is 6.54 Å². The topological polar surface area (TPSA) is 41.9 Å². The summed E-state index contributed by atoms with van der Waals surface area (Å²) in [4.78, 5) is 6.27. The highest BCUT2D eigenvalue weighted by Crippen LogP contribution is 2.30. The molecule has 2 heterocycles. The number of benzene rings is 1. The average molecular weight is 351 g/mol. The van der Waals surface area contributed by atoms with Gasteiger partial charge in [-0.05, 0) is 23.8 Å². The maximum Gasteiger partial charge on any atom is 0.208 e. The number of hydrogen-bond acceptors (Lipinski definition) is 5. The number of nitrogens with zero attached hydrogens (tertiary/aromatic N) is 4. The summed E-state index contributed by atoms with van der Waals surface area (Å²) in [6.45, 7) is 0.607. The molecule has 0 aliphatic rings. The molecule has 7 heteroatoms. The first-order valence-electron chi connectivity index (χ1n) is 6.54. The Morgan fingerprint density at radius 3 is 2.73 bits per heavy atom. The van der Waals surface area contributed by atoms with E-state index in [9.17, 15) is 0 Å². The molecule has 0 amide bonds. The second-order valence-electron chi connectivity index (χ2n) is 4.67. The van der Waals surface area contributed by atoms with Gasteiger partial charge in [-0.3, -0.25) is 4.98 Å². The fraction of sp³-hybridized carbons (Fsp3) is 0.133. The third-order valence-corrected chi connectivity index (χ3v) is 4.98. The molecule has 0 bridgehead atoms. The Morgan fingerprint density at radius 1 is 1.09 bits per heavy atom. The summed E-state index contributed by atoms with van der Waals surface area (Å²) in [6.07, 6.45) is 1.74. The Labute approximate surface area is 142 Å². The van der Waals surface area contributed by atoms with Gasteiger partial charge in [0.15, 0.2) is 5.01 Å². The van der Waals surface area contributed by atoms with Gasteiger partial charge in [0.05, 0.1) is 10.0 Å². The first-order chi connectivity index (χ1) is 10.6. The quantitative estimate of drug-likeness (QED) is 0.692. The predicted octanol–water partition coefficient (Wildman–Crippen LogP) is 4.54. The summed E-state index contributed by atoms with van der Waals surface area (Å²) in [7, 11) is 1.94. The lowest BCUT2D eigenvalue weighted by molar-refractivity contribution is 0.894. The molecule has 0 saturated carbocycles. The molecule has 3 aromatic rings. The first kappa shape index (κ1) is 15.2. The summed E-state index contributed by atoms with van der Waals surface area (Å²) < 4.78 is 0. The summed E-state index contributed by atoms with van der Waals surface area (Å²) in [6, 6.07) is 11.3. The SMILES string of the molecule is CN(Cc1cccc(Cl)c1Cl)c1nnc(-c2ccccn2)s1. The van der Waals surface area contributed by atoms with E-state index < -0.39 is 0 Å². The Morgan fingerprint density at radius 2 is 1.95 bits per heavy atom. The lowest BCUT2D eigenvalue weighted by Gasteiger charge is -2.16. The molecule has 0 aliphatic heterocycles. The van der Waals surface area contributed by atoms with Crippen molar-refractivity contribution in [3.63, 3.8) is 0 Å². The minimum Gasteiger partial charge on any atom is -0.345 e. The van der Waals surface area contributed by atoms with Crippen LogP contribution in [0.5, 0.6) is 0 Å². The average Bonchev–Trinajstić information content (AvgIpc) is 3.03. The van der Waals surface area contributed by atoms with E-state index in [2.05, 4.69) is 15.2 Å². The van der Waals surface area contributed by atoms with Crippen molar-refractivity contribution in [2.24, 2.45) is 0 Å². The Kier molecular flexibility index (Phi) is 4.57. The van der Waals surface area contributed by atoms with Crippen molar-refractivity contribution < 1.29 is 0 Å². The smallest absolute Gasteiger partial charge is 0.208 e. The van der Waals surface area contributed by atoms with Crippen molar-refractivity contribution >= 4 is 39.7 Å². The second kappa shape index (κ2) is 6.60. The molecule has 0 spiro atoms. The summed E-state index contributed by atoms with van der Waals surface area (Å²) >= 11 is 13.8. The molecule has 4 nitrogen and oxygen atoms in total. The molecule has 0 atom stereocenters. The lowest BCUT2D eigenvalue weighted by atomic mass is 10.2. The van der Waals surface area contributed by atoms with Crippen LogP contribution in [0.3, 0.4) is 0 Å². The molecule has 0 unspecified atom stereocenters. The molecule has 112 valence electrons. The third kappa shape index (κ3) is 3.21. The molecule has 3 rings (SSSR count). The van der Waals surface area contributed by atoms with Gasteiger partial charge in [-0.25, -0.2) is 0 Å². The fourth-order valence-electron chi connectivity index (χ4n) is 1.96. The van der Waals surface area contributed by atoms with Gasteiger partial charge < -0.3 is 4.90 Å². The summed E-state index contributed by atoms with van der Waals surface area (Å²) in [5.41, 5.74) is 1.77. The third-order valence-electron chi connectivity index (χ3n) is 3.06. The molecule has 0 fully saturated rings. The molecular formula is C15H12Cl2N4S. The van der Waals surface area contributed by atoms with Gasteiger partial charge in [0, 0.05) is 19.8 Å². The minimum atomic E-state index is 0.555. The minimum absolute atomic E-state index is 0.555. The van der Waals surface area contributed by atoms with E-state index in [0.29, 0.717) is 16.6 Å². The van der Waals surface area contributed by atoms with Crippen molar-refractivity contribution in [3.05, 3.63) is 58.2 Å². The van der Waals surface area contributed by atoms with Crippen LogP contribution in [0.2, 0.25) is 10.0 Å². The highest BCUT2D eigenvalue weighted by atomic mass is 35.5. The maximum absolute atomic E-state index is 6.22. The van der Waals surface area contributed by atoms with Crippen LogP contribution in [-0.4, -0.2) is 22.2 Å². The molecule has 0 radical (unpaired) electrons. The largest absolute Gasteiger partial charge is 0.345 e. The van der Waals surface area contributed by atoms with Crippen LogP contribution >= 0.6 is 34.5 Å². The maximum atomic E-state index is 6.22.